The van der Waals surface area contributed by atoms with Crippen LogP contribution in [0.5, 0.6) is 5.75 Å². The van der Waals surface area contributed by atoms with Crippen LogP contribution in [0.3, 0.4) is 0 Å². The Morgan fingerprint density at radius 2 is 1.60 bits per heavy atom. The molecule has 35 heavy (non-hydrogen) atoms. The topological polar surface area (TPSA) is 92.9 Å². The molecule has 0 aliphatic rings. The van der Waals surface area contributed by atoms with Gasteiger partial charge >= 0.3 is 0 Å². The van der Waals surface area contributed by atoms with Gasteiger partial charge in [0.05, 0.1) is 12.6 Å². The molecular weight excluding hydrogens is 438 g/mol. The quantitative estimate of drug-likeness (QED) is 0.342. The average Bonchev–Trinajstić information content (AvgIpc) is 3.38. The molecule has 7 nitrogen and oxygen atoms in total. The summed E-state index contributed by atoms with van der Waals surface area (Å²) >= 11 is 0. The Labute approximate surface area is 203 Å². The van der Waals surface area contributed by atoms with Gasteiger partial charge in [0.25, 0.3) is 0 Å². The van der Waals surface area contributed by atoms with Crippen molar-refractivity contribution in [2.24, 2.45) is 0 Å². The van der Waals surface area contributed by atoms with Crippen LogP contribution in [0, 0.1) is 0 Å². The van der Waals surface area contributed by atoms with Crippen LogP contribution in [0.1, 0.15) is 30.0 Å². The SMILES string of the molecule is O=C(CCCn1nnc(-c2ccccc2)n1)NC(c1ccccc1)c1c(O)ccc2ccccc12. The maximum atomic E-state index is 13.0. The van der Waals surface area contributed by atoms with E-state index < -0.39 is 6.04 Å². The molecule has 0 aliphatic carbocycles. The van der Waals surface area contributed by atoms with E-state index in [2.05, 4.69) is 20.7 Å². The van der Waals surface area contributed by atoms with Crippen molar-refractivity contribution >= 4 is 16.7 Å². The molecule has 0 saturated heterocycles. The number of aromatic nitrogens is 4. The highest BCUT2D eigenvalue weighted by Gasteiger charge is 2.22. The second-order valence-corrected chi connectivity index (χ2v) is 8.31. The summed E-state index contributed by atoms with van der Waals surface area (Å²) in [4.78, 5) is 14.5. The fourth-order valence-corrected chi connectivity index (χ4v) is 4.21. The zero-order chi connectivity index (χ0) is 24.0. The molecular formula is C28H25N5O2. The van der Waals surface area contributed by atoms with Gasteiger partial charge in [0.2, 0.25) is 11.7 Å². The number of hydrogen-bond acceptors (Lipinski definition) is 5. The van der Waals surface area contributed by atoms with Crippen molar-refractivity contribution in [3.63, 3.8) is 0 Å². The van der Waals surface area contributed by atoms with E-state index in [1.807, 2.05) is 91.0 Å². The fraction of sp³-hybridized carbons (Fsp3) is 0.143. The van der Waals surface area contributed by atoms with Gasteiger partial charge in [0, 0.05) is 17.5 Å². The maximum Gasteiger partial charge on any atom is 0.220 e. The second-order valence-electron chi connectivity index (χ2n) is 8.31. The standard InChI is InChI=1S/C28H25N5O2/c34-24-18-17-20-10-7-8-15-23(20)26(24)27(21-11-3-1-4-12-21)29-25(35)16-9-19-33-31-28(30-32-33)22-13-5-2-6-14-22/h1-8,10-15,17-18,27,34H,9,16,19H2,(H,29,35). The van der Waals surface area contributed by atoms with E-state index in [0.717, 1.165) is 21.9 Å². The molecule has 1 amide bonds. The van der Waals surface area contributed by atoms with Crippen molar-refractivity contribution in [1.82, 2.24) is 25.5 Å². The number of nitrogens with zero attached hydrogens (tertiary/aromatic N) is 4. The van der Waals surface area contributed by atoms with Crippen LogP contribution < -0.4 is 5.32 Å². The lowest BCUT2D eigenvalue weighted by molar-refractivity contribution is -0.121. The van der Waals surface area contributed by atoms with Crippen molar-refractivity contribution in [3.8, 4) is 17.1 Å². The number of carbonyl (C=O) groups is 1. The predicted octanol–water partition coefficient (Wildman–Crippen LogP) is 4.88. The number of hydrogen-bond donors (Lipinski definition) is 2. The van der Waals surface area contributed by atoms with Gasteiger partial charge in [0.1, 0.15) is 5.75 Å². The largest absolute Gasteiger partial charge is 0.508 e. The number of rotatable bonds is 8. The van der Waals surface area contributed by atoms with Crippen LogP contribution in [0.4, 0.5) is 0 Å². The van der Waals surface area contributed by atoms with Gasteiger partial charge in [-0.15, -0.1) is 10.2 Å². The summed E-state index contributed by atoms with van der Waals surface area (Å²) in [6.45, 7) is 0.475. The molecule has 7 heteroatoms. The van der Waals surface area contributed by atoms with Crippen molar-refractivity contribution in [2.75, 3.05) is 0 Å². The summed E-state index contributed by atoms with van der Waals surface area (Å²) in [5.74, 6) is 0.596. The molecule has 0 aliphatic heterocycles. The third kappa shape index (κ3) is 5.04. The van der Waals surface area contributed by atoms with E-state index in [9.17, 15) is 9.90 Å². The molecule has 5 rings (SSSR count). The molecule has 2 N–H and O–H groups in total. The minimum atomic E-state index is -0.482. The molecule has 1 atom stereocenters. The van der Waals surface area contributed by atoms with Crippen LogP contribution in [-0.2, 0) is 11.3 Å². The second kappa shape index (κ2) is 10.2. The molecule has 0 radical (unpaired) electrons. The first-order valence-corrected chi connectivity index (χ1v) is 11.6. The van der Waals surface area contributed by atoms with Crippen LogP contribution in [0.15, 0.2) is 97.1 Å². The molecule has 0 bridgehead atoms. The van der Waals surface area contributed by atoms with Gasteiger partial charge in [0.15, 0.2) is 0 Å². The molecule has 174 valence electrons. The van der Waals surface area contributed by atoms with Gasteiger partial charge in [-0.2, -0.15) is 4.80 Å². The zero-order valence-corrected chi connectivity index (χ0v) is 19.1. The van der Waals surface area contributed by atoms with Crippen molar-refractivity contribution in [1.29, 1.82) is 0 Å². The first-order chi connectivity index (χ1) is 17.2. The number of phenolic OH excluding ortho intramolecular Hbond substituents is 1. The van der Waals surface area contributed by atoms with E-state index in [-0.39, 0.29) is 18.1 Å². The number of amides is 1. The smallest absolute Gasteiger partial charge is 0.220 e. The lowest BCUT2D eigenvalue weighted by atomic mass is 9.92. The summed E-state index contributed by atoms with van der Waals surface area (Å²) in [7, 11) is 0. The number of aromatic hydroxyl groups is 1. The van der Waals surface area contributed by atoms with Crippen molar-refractivity contribution in [3.05, 3.63) is 108 Å². The molecule has 0 saturated carbocycles. The third-order valence-corrected chi connectivity index (χ3v) is 5.92. The van der Waals surface area contributed by atoms with Crippen LogP contribution in [0.25, 0.3) is 22.2 Å². The van der Waals surface area contributed by atoms with Gasteiger partial charge < -0.3 is 10.4 Å². The fourth-order valence-electron chi connectivity index (χ4n) is 4.21. The molecule has 1 heterocycles. The first-order valence-electron chi connectivity index (χ1n) is 11.6. The summed E-state index contributed by atoms with van der Waals surface area (Å²) < 4.78 is 0. The number of nitrogens with one attached hydrogen (secondary N) is 1. The maximum absolute atomic E-state index is 13.0. The Balaban J connectivity index is 1.31. The predicted molar refractivity (Wildman–Crippen MR) is 135 cm³/mol. The van der Waals surface area contributed by atoms with E-state index in [1.165, 1.54) is 4.80 Å². The minimum absolute atomic E-state index is 0.116. The van der Waals surface area contributed by atoms with Crippen LogP contribution in [0.2, 0.25) is 0 Å². The Kier molecular flexibility index (Phi) is 6.48. The van der Waals surface area contributed by atoms with E-state index in [1.54, 1.807) is 6.07 Å². The van der Waals surface area contributed by atoms with Crippen LogP contribution in [-0.4, -0.2) is 31.2 Å². The van der Waals surface area contributed by atoms with Gasteiger partial charge in [-0.3, -0.25) is 4.79 Å². The molecule has 0 fully saturated rings. The number of carbonyl (C=O) groups excluding carboxylic acids is 1. The van der Waals surface area contributed by atoms with Gasteiger partial charge in [-0.1, -0.05) is 91.0 Å². The highest BCUT2D eigenvalue weighted by molar-refractivity contribution is 5.89. The zero-order valence-electron chi connectivity index (χ0n) is 19.1. The molecule has 5 aromatic rings. The third-order valence-electron chi connectivity index (χ3n) is 5.92. The minimum Gasteiger partial charge on any atom is -0.508 e. The molecule has 1 aromatic heterocycles. The number of benzene rings is 4. The van der Waals surface area contributed by atoms with Gasteiger partial charge in [-0.25, -0.2) is 0 Å². The van der Waals surface area contributed by atoms with Crippen molar-refractivity contribution in [2.45, 2.75) is 25.4 Å². The highest BCUT2D eigenvalue weighted by Crippen LogP contribution is 2.35. The molecule has 0 spiro atoms. The summed E-state index contributed by atoms with van der Waals surface area (Å²) in [5, 5.41) is 28.5. The van der Waals surface area contributed by atoms with Gasteiger partial charge in [-0.05, 0) is 34.0 Å². The lowest BCUT2D eigenvalue weighted by Gasteiger charge is -2.22. The van der Waals surface area contributed by atoms with E-state index in [0.29, 0.717) is 24.4 Å². The Morgan fingerprint density at radius 3 is 2.40 bits per heavy atom. The Hall–Kier alpha value is -4.52. The Bertz CT molecular complexity index is 1430. The summed E-state index contributed by atoms with van der Waals surface area (Å²) in [6, 6.07) is 30.3. The normalized spacial score (nSPS) is 11.9. The molecule has 1 unspecified atom stereocenters. The molecule has 4 aromatic carbocycles. The Morgan fingerprint density at radius 1 is 0.886 bits per heavy atom. The summed E-state index contributed by atoms with van der Waals surface area (Å²) in [6.07, 6.45) is 0.844. The number of aryl methyl sites for hydroxylation is 1. The summed E-state index contributed by atoms with van der Waals surface area (Å²) in [5.41, 5.74) is 2.49. The lowest BCUT2D eigenvalue weighted by Crippen LogP contribution is -2.29. The van der Waals surface area contributed by atoms with Crippen molar-refractivity contribution < 1.29 is 9.90 Å². The first kappa shape index (κ1) is 22.3. The number of phenols is 1. The van der Waals surface area contributed by atoms with Crippen LogP contribution >= 0.6 is 0 Å². The highest BCUT2D eigenvalue weighted by atomic mass is 16.3. The number of fused-ring (bicyclic) bond motifs is 1. The monoisotopic (exact) mass is 463 g/mol. The van der Waals surface area contributed by atoms with E-state index >= 15 is 0 Å². The van der Waals surface area contributed by atoms with E-state index in [4.69, 9.17) is 0 Å². The number of tetrazole rings is 1. The average molecular weight is 464 g/mol.